The molecule has 1 fully saturated rings. The normalized spacial score (nSPS) is 13.5. The van der Waals surface area contributed by atoms with Crippen molar-refractivity contribution >= 4 is 17.8 Å². The number of aromatic nitrogens is 2. The van der Waals surface area contributed by atoms with Crippen molar-refractivity contribution in [3.63, 3.8) is 0 Å². The van der Waals surface area contributed by atoms with Gasteiger partial charge in [0.1, 0.15) is 17.1 Å². The molecule has 1 aliphatic rings. The number of hydrogen-bond donors (Lipinski definition) is 0. The Kier molecular flexibility index (Phi) is 5.38. The van der Waals surface area contributed by atoms with Gasteiger partial charge in [-0.25, -0.2) is 13.9 Å². The Morgan fingerprint density at radius 1 is 1.07 bits per heavy atom. The van der Waals surface area contributed by atoms with Gasteiger partial charge in [-0.3, -0.25) is 14.5 Å². The molecule has 0 N–H and O–H groups in total. The second-order valence-electron chi connectivity index (χ2n) is 6.80. The van der Waals surface area contributed by atoms with E-state index >= 15 is 0 Å². The second-order valence-corrected chi connectivity index (χ2v) is 6.80. The Bertz CT molecular complexity index is 1090. The van der Waals surface area contributed by atoms with Crippen molar-refractivity contribution in [1.29, 1.82) is 0 Å². The van der Waals surface area contributed by atoms with E-state index in [1.165, 1.54) is 35.1 Å². The van der Waals surface area contributed by atoms with Gasteiger partial charge in [-0.2, -0.15) is 5.10 Å². The molecule has 1 aromatic heterocycles. The maximum atomic E-state index is 13.3. The molecule has 1 aliphatic heterocycles. The zero-order chi connectivity index (χ0) is 21.1. The summed E-state index contributed by atoms with van der Waals surface area (Å²) in [4.78, 5) is 37.7. The molecule has 0 aliphatic carbocycles. The first-order valence-corrected chi connectivity index (χ1v) is 9.44. The predicted molar refractivity (Wildman–Crippen MR) is 105 cm³/mol. The first kappa shape index (κ1) is 19.5. The van der Waals surface area contributed by atoms with E-state index < -0.39 is 24.3 Å². The van der Waals surface area contributed by atoms with E-state index in [0.717, 1.165) is 10.6 Å². The van der Waals surface area contributed by atoms with Crippen LogP contribution in [0.5, 0.6) is 0 Å². The monoisotopic (exact) mass is 407 g/mol. The Hall–Kier alpha value is -3.81. The number of carbonyl (C=O) groups is 3. The summed E-state index contributed by atoms with van der Waals surface area (Å²) in [6, 6.07) is 14.7. The number of nitrogens with zero attached hydrogens (tertiary/aromatic N) is 3. The molecule has 0 spiro atoms. The fourth-order valence-electron chi connectivity index (χ4n) is 3.25. The van der Waals surface area contributed by atoms with Crippen LogP contribution in [0.3, 0.4) is 0 Å². The van der Waals surface area contributed by atoms with E-state index in [1.54, 1.807) is 0 Å². The number of para-hydroxylation sites is 1. The molecular formula is C22H18FN3O4. The third kappa shape index (κ3) is 3.98. The lowest BCUT2D eigenvalue weighted by Gasteiger charge is -2.13. The van der Waals surface area contributed by atoms with E-state index in [1.807, 2.05) is 30.3 Å². The first-order valence-electron chi connectivity index (χ1n) is 9.44. The molecule has 0 atom stereocenters. The number of benzene rings is 2. The third-order valence-corrected chi connectivity index (χ3v) is 4.77. The number of likely N-dealkylation sites (tertiary alicyclic amines) is 1. The Labute approximate surface area is 171 Å². The van der Waals surface area contributed by atoms with E-state index in [0.29, 0.717) is 30.6 Å². The number of ether oxygens (including phenoxy) is 1. The molecular weight excluding hydrogens is 389 g/mol. The van der Waals surface area contributed by atoms with Crippen molar-refractivity contribution in [1.82, 2.24) is 14.7 Å². The second kappa shape index (κ2) is 8.28. The molecule has 8 heteroatoms. The van der Waals surface area contributed by atoms with Crippen LogP contribution in [0.2, 0.25) is 0 Å². The quantitative estimate of drug-likeness (QED) is 0.608. The largest absolute Gasteiger partial charge is 0.452 e. The highest BCUT2D eigenvalue weighted by molar-refractivity contribution is 6.00. The SMILES string of the molecule is O=C(OCC(=O)N1CCCC1=O)c1cn(-c2ccccc2)nc1-c1ccc(F)cc1. The Balaban J connectivity index is 1.61. The maximum absolute atomic E-state index is 13.3. The van der Waals surface area contributed by atoms with Crippen LogP contribution in [0.4, 0.5) is 4.39 Å². The Morgan fingerprint density at radius 2 is 1.80 bits per heavy atom. The van der Waals surface area contributed by atoms with Crippen molar-refractivity contribution in [2.75, 3.05) is 13.2 Å². The highest BCUT2D eigenvalue weighted by Gasteiger charge is 2.28. The van der Waals surface area contributed by atoms with Gasteiger partial charge in [0.15, 0.2) is 6.61 Å². The molecule has 30 heavy (non-hydrogen) atoms. The zero-order valence-electron chi connectivity index (χ0n) is 16.0. The van der Waals surface area contributed by atoms with Crippen LogP contribution in [-0.4, -0.2) is 45.6 Å². The molecule has 152 valence electrons. The molecule has 3 aromatic rings. The number of halogens is 1. The summed E-state index contributed by atoms with van der Waals surface area (Å²) in [5, 5.41) is 4.46. The Morgan fingerprint density at radius 3 is 2.47 bits per heavy atom. The number of hydrogen-bond acceptors (Lipinski definition) is 5. The molecule has 1 saturated heterocycles. The average Bonchev–Trinajstić information content (AvgIpc) is 3.40. The summed E-state index contributed by atoms with van der Waals surface area (Å²) >= 11 is 0. The van der Waals surface area contributed by atoms with Gasteiger partial charge in [0.25, 0.3) is 5.91 Å². The minimum absolute atomic E-state index is 0.131. The van der Waals surface area contributed by atoms with Gasteiger partial charge in [-0.05, 0) is 42.8 Å². The molecule has 0 bridgehead atoms. The van der Waals surface area contributed by atoms with Crippen LogP contribution >= 0.6 is 0 Å². The smallest absolute Gasteiger partial charge is 0.342 e. The van der Waals surface area contributed by atoms with Gasteiger partial charge >= 0.3 is 5.97 Å². The van der Waals surface area contributed by atoms with Crippen LogP contribution in [0.15, 0.2) is 60.8 Å². The van der Waals surface area contributed by atoms with E-state index in [2.05, 4.69) is 5.10 Å². The summed E-state index contributed by atoms with van der Waals surface area (Å²) in [5.41, 5.74) is 1.68. The lowest BCUT2D eigenvalue weighted by Crippen LogP contribution is -2.35. The molecule has 7 nitrogen and oxygen atoms in total. The topological polar surface area (TPSA) is 81.5 Å². The third-order valence-electron chi connectivity index (χ3n) is 4.77. The summed E-state index contributed by atoms with van der Waals surface area (Å²) < 4.78 is 20.0. The lowest BCUT2D eigenvalue weighted by molar-refractivity contribution is -0.143. The lowest BCUT2D eigenvalue weighted by atomic mass is 10.1. The molecule has 0 radical (unpaired) electrons. The number of amides is 2. The number of carbonyl (C=O) groups excluding carboxylic acids is 3. The number of imide groups is 1. The fourth-order valence-corrected chi connectivity index (χ4v) is 3.25. The average molecular weight is 407 g/mol. The molecule has 2 heterocycles. The molecule has 2 amide bonds. The minimum Gasteiger partial charge on any atom is -0.452 e. The van der Waals surface area contributed by atoms with Crippen molar-refractivity contribution in [2.45, 2.75) is 12.8 Å². The maximum Gasteiger partial charge on any atom is 0.342 e. The molecule has 0 saturated carbocycles. The van der Waals surface area contributed by atoms with E-state index in [-0.39, 0.29) is 11.5 Å². The van der Waals surface area contributed by atoms with Gasteiger partial charge < -0.3 is 4.74 Å². The van der Waals surface area contributed by atoms with Crippen LogP contribution in [-0.2, 0) is 14.3 Å². The van der Waals surface area contributed by atoms with Crippen molar-refractivity contribution < 1.29 is 23.5 Å². The van der Waals surface area contributed by atoms with Crippen LogP contribution in [0.25, 0.3) is 16.9 Å². The van der Waals surface area contributed by atoms with Gasteiger partial charge in [-0.15, -0.1) is 0 Å². The standard InChI is InChI=1S/C22H18FN3O4/c23-16-10-8-15(9-11-16)21-18(13-26(24-21)17-5-2-1-3-6-17)22(29)30-14-20(28)25-12-4-7-19(25)27/h1-3,5-6,8-11,13H,4,7,12,14H2. The van der Waals surface area contributed by atoms with Crippen molar-refractivity contribution in [3.8, 4) is 16.9 Å². The minimum atomic E-state index is -0.753. The molecule has 2 aromatic carbocycles. The summed E-state index contributed by atoms with van der Waals surface area (Å²) in [5.74, 6) is -1.98. The van der Waals surface area contributed by atoms with E-state index in [4.69, 9.17) is 4.74 Å². The molecule has 0 unspecified atom stereocenters. The van der Waals surface area contributed by atoms with Crippen LogP contribution < -0.4 is 0 Å². The van der Waals surface area contributed by atoms with Crippen molar-refractivity contribution in [3.05, 3.63) is 72.2 Å². The van der Waals surface area contributed by atoms with Gasteiger partial charge in [0.2, 0.25) is 5.91 Å². The molecule has 4 rings (SSSR count). The number of rotatable bonds is 5. The van der Waals surface area contributed by atoms with Gasteiger partial charge in [0, 0.05) is 24.7 Å². The van der Waals surface area contributed by atoms with Crippen LogP contribution in [0.1, 0.15) is 23.2 Å². The first-order chi connectivity index (χ1) is 14.5. The predicted octanol–water partition coefficient (Wildman–Crippen LogP) is 2.98. The summed E-state index contributed by atoms with van der Waals surface area (Å²) in [6.45, 7) is -0.202. The highest BCUT2D eigenvalue weighted by Crippen LogP contribution is 2.25. The highest BCUT2D eigenvalue weighted by atomic mass is 19.1. The fraction of sp³-hybridized carbons (Fsp3) is 0.182. The van der Waals surface area contributed by atoms with E-state index in [9.17, 15) is 18.8 Å². The summed E-state index contributed by atoms with van der Waals surface area (Å²) in [7, 11) is 0. The zero-order valence-corrected chi connectivity index (χ0v) is 16.0. The van der Waals surface area contributed by atoms with Crippen molar-refractivity contribution in [2.24, 2.45) is 0 Å². The van der Waals surface area contributed by atoms with Crippen LogP contribution in [0, 0.1) is 5.82 Å². The van der Waals surface area contributed by atoms with Gasteiger partial charge in [0.05, 0.1) is 5.69 Å². The summed E-state index contributed by atoms with van der Waals surface area (Å²) in [6.07, 6.45) is 2.43. The number of esters is 1. The van der Waals surface area contributed by atoms with Gasteiger partial charge in [-0.1, -0.05) is 18.2 Å².